The quantitative estimate of drug-likeness (QED) is 0.850. The van der Waals surface area contributed by atoms with Gasteiger partial charge in [0.2, 0.25) is 11.7 Å². The first-order valence-electron chi connectivity index (χ1n) is 6.47. The van der Waals surface area contributed by atoms with E-state index in [4.69, 9.17) is 5.73 Å². The van der Waals surface area contributed by atoms with Crippen LogP contribution >= 0.6 is 0 Å². The number of aromatic nitrogens is 2. The van der Waals surface area contributed by atoms with Gasteiger partial charge in [-0.2, -0.15) is 13.2 Å². The van der Waals surface area contributed by atoms with Crippen molar-refractivity contribution in [1.82, 2.24) is 14.9 Å². The number of fused-ring (bicyclic) bond motifs is 1. The van der Waals surface area contributed by atoms with Crippen molar-refractivity contribution in [2.75, 3.05) is 5.73 Å². The molecule has 1 aromatic heterocycles. The highest BCUT2D eigenvalue weighted by Crippen LogP contribution is 2.32. The second-order valence-electron chi connectivity index (χ2n) is 5.11. The van der Waals surface area contributed by atoms with Gasteiger partial charge in [0.25, 0.3) is 0 Å². The van der Waals surface area contributed by atoms with Gasteiger partial charge in [-0.1, -0.05) is 0 Å². The molecule has 112 valence electrons. The predicted octanol–water partition coefficient (Wildman–Crippen LogP) is 1.92. The first kappa shape index (κ1) is 13.7. The number of nitrogen functional groups attached to an aromatic ring is 1. The number of anilines is 1. The highest BCUT2D eigenvalue weighted by atomic mass is 19.4. The Hall–Kier alpha value is -2.25. The topological polar surface area (TPSA) is 72.9 Å². The molecule has 1 amide bonds. The summed E-state index contributed by atoms with van der Waals surface area (Å²) in [5.41, 5.74) is 6.25. The monoisotopic (exact) mass is 298 g/mol. The van der Waals surface area contributed by atoms with E-state index in [1.54, 1.807) is 0 Å². The minimum absolute atomic E-state index is 0.0947. The Labute approximate surface area is 117 Å². The number of carbonyl (C=O) groups excluding carboxylic acids is 1. The van der Waals surface area contributed by atoms with Crippen LogP contribution in [0.15, 0.2) is 18.2 Å². The van der Waals surface area contributed by atoms with Gasteiger partial charge in [0.1, 0.15) is 6.54 Å². The summed E-state index contributed by atoms with van der Waals surface area (Å²) in [4.78, 5) is 15.4. The standard InChI is InChI=1S/C13H13F3N4O/c14-13(15,16)12-19-9-5-7(17)1-4-10(9)20(12)6-11(21)18-8-2-3-8/h1,4-5,8H,2-3,6,17H2,(H,18,21). The maximum atomic E-state index is 13.1. The SMILES string of the molecule is Nc1ccc2c(c1)nc(C(F)(F)F)n2CC(=O)NC1CC1. The van der Waals surface area contributed by atoms with Gasteiger partial charge in [-0.25, -0.2) is 4.98 Å². The second kappa shape index (κ2) is 4.64. The minimum Gasteiger partial charge on any atom is -0.399 e. The van der Waals surface area contributed by atoms with Gasteiger partial charge >= 0.3 is 6.18 Å². The normalized spacial score (nSPS) is 15.4. The fourth-order valence-corrected chi connectivity index (χ4v) is 2.17. The van der Waals surface area contributed by atoms with E-state index < -0.39 is 24.5 Å². The van der Waals surface area contributed by atoms with Crippen molar-refractivity contribution in [3.05, 3.63) is 24.0 Å². The largest absolute Gasteiger partial charge is 0.449 e. The zero-order chi connectivity index (χ0) is 15.2. The summed E-state index contributed by atoms with van der Waals surface area (Å²) in [5, 5.41) is 2.67. The predicted molar refractivity (Wildman–Crippen MR) is 70.3 cm³/mol. The van der Waals surface area contributed by atoms with Gasteiger partial charge in [-0.3, -0.25) is 4.79 Å². The van der Waals surface area contributed by atoms with E-state index in [9.17, 15) is 18.0 Å². The average Bonchev–Trinajstić information content (AvgIpc) is 3.09. The molecule has 1 heterocycles. The number of rotatable bonds is 3. The van der Waals surface area contributed by atoms with Crippen LogP contribution in [0.5, 0.6) is 0 Å². The Morgan fingerprint density at radius 1 is 1.43 bits per heavy atom. The minimum atomic E-state index is -4.63. The number of nitrogens with zero attached hydrogens (tertiary/aromatic N) is 2. The molecule has 0 unspecified atom stereocenters. The summed E-state index contributed by atoms with van der Waals surface area (Å²) in [6, 6.07) is 4.38. The first-order chi connectivity index (χ1) is 9.84. The summed E-state index contributed by atoms with van der Waals surface area (Å²) >= 11 is 0. The molecule has 0 bridgehead atoms. The molecule has 0 spiro atoms. The Kier molecular flexibility index (Phi) is 3.03. The molecule has 1 aromatic carbocycles. The van der Waals surface area contributed by atoms with Crippen LogP contribution in [0.2, 0.25) is 0 Å². The number of nitrogens with two attached hydrogens (primary N) is 1. The fourth-order valence-electron chi connectivity index (χ4n) is 2.17. The Bertz CT molecular complexity index is 703. The smallest absolute Gasteiger partial charge is 0.399 e. The lowest BCUT2D eigenvalue weighted by molar-refractivity contribution is -0.147. The number of nitrogens with one attached hydrogen (secondary N) is 1. The third kappa shape index (κ3) is 2.79. The second-order valence-corrected chi connectivity index (χ2v) is 5.11. The number of halogens is 3. The van der Waals surface area contributed by atoms with E-state index >= 15 is 0 Å². The van der Waals surface area contributed by atoms with Crippen molar-refractivity contribution in [1.29, 1.82) is 0 Å². The Balaban J connectivity index is 2.02. The third-order valence-corrected chi connectivity index (χ3v) is 3.27. The number of imidazole rings is 1. The van der Waals surface area contributed by atoms with Crippen LogP contribution in [0.25, 0.3) is 11.0 Å². The molecular weight excluding hydrogens is 285 g/mol. The summed E-state index contributed by atoms with van der Waals surface area (Å²) < 4.78 is 40.1. The Morgan fingerprint density at radius 2 is 2.14 bits per heavy atom. The first-order valence-corrected chi connectivity index (χ1v) is 6.47. The van der Waals surface area contributed by atoms with Gasteiger partial charge in [-0.05, 0) is 31.0 Å². The highest BCUT2D eigenvalue weighted by Gasteiger charge is 2.38. The lowest BCUT2D eigenvalue weighted by atomic mass is 10.3. The summed E-state index contributed by atoms with van der Waals surface area (Å²) in [6.45, 7) is -0.411. The number of hydrogen-bond donors (Lipinski definition) is 2. The molecular formula is C13H13F3N4O. The maximum absolute atomic E-state index is 13.1. The van der Waals surface area contributed by atoms with E-state index in [0.29, 0.717) is 5.69 Å². The van der Waals surface area contributed by atoms with Crippen molar-refractivity contribution in [3.8, 4) is 0 Å². The van der Waals surface area contributed by atoms with Crippen molar-refractivity contribution in [2.24, 2.45) is 0 Å². The average molecular weight is 298 g/mol. The number of benzene rings is 1. The molecule has 1 saturated carbocycles. The molecule has 0 saturated heterocycles. The molecule has 1 fully saturated rings. The van der Waals surface area contributed by atoms with Gasteiger partial charge in [0.15, 0.2) is 0 Å². The number of hydrogen-bond acceptors (Lipinski definition) is 3. The maximum Gasteiger partial charge on any atom is 0.449 e. The van der Waals surface area contributed by atoms with Gasteiger partial charge < -0.3 is 15.6 Å². The zero-order valence-corrected chi connectivity index (χ0v) is 10.9. The van der Waals surface area contributed by atoms with Crippen LogP contribution in [-0.4, -0.2) is 21.5 Å². The van der Waals surface area contributed by atoms with Crippen LogP contribution in [0.3, 0.4) is 0 Å². The number of amides is 1. The van der Waals surface area contributed by atoms with Gasteiger partial charge in [-0.15, -0.1) is 0 Å². The third-order valence-electron chi connectivity index (χ3n) is 3.27. The van der Waals surface area contributed by atoms with Crippen molar-refractivity contribution < 1.29 is 18.0 Å². The van der Waals surface area contributed by atoms with E-state index in [1.807, 2.05) is 0 Å². The van der Waals surface area contributed by atoms with Crippen molar-refractivity contribution >= 4 is 22.6 Å². The molecule has 21 heavy (non-hydrogen) atoms. The molecule has 5 nitrogen and oxygen atoms in total. The molecule has 1 aliphatic carbocycles. The van der Waals surface area contributed by atoms with E-state index in [-0.39, 0.29) is 17.1 Å². The number of carbonyl (C=O) groups is 1. The Morgan fingerprint density at radius 3 is 2.76 bits per heavy atom. The molecule has 0 radical (unpaired) electrons. The van der Waals surface area contributed by atoms with Crippen LogP contribution in [0.4, 0.5) is 18.9 Å². The van der Waals surface area contributed by atoms with Crippen LogP contribution < -0.4 is 11.1 Å². The molecule has 3 N–H and O–H groups in total. The molecule has 1 aliphatic rings. The molecule has 8 heteroatoms. The van der Waals surface area contributed by atoms with Crippen LogP contribution in [-0.2, 0) is 17.5 Å². The summed E-state index contributed by atoms with van der Waals surface area (Å²) in [5.74, 6) is -1.53. The highest BCUT2D eigenvalue weighted by molar-refractivity contribution is 5.83. The zero-order valence-electron chi connectivity index (χ0n) is 10.9. The molecule has 3 rings (SSSR count). The van der Waals surface area contributed by atoms with E-state index in [1.165, 1.54) is 18.2 Å². The molecule has 2 aromatic rings. The van der Waals surface area contributed by atoms with Crippen molar-refractivity contribution in [2.45, 2.75) is 31.6 Å². The summed E-state index contributed by atoms with van der Waals surface area (Å²) in [6.07, 6.45) is -2.88. The summed E-state index contributed by atoms with van der Waals surface area (Å²) in [7, 11) is 0. The number of alkyl halides is 3. The lowest BCUT2D eigenvalue weighted by Gasteiger charge is -2.11. The lowest BCUT2D eigenvalue weighted by Crippen LogP contribution is -2.30. The van der Waals surface area contributed by atoms with Gasteiger partial charge in [0, 0.05) is 11.7 Å². The van der Waals surface area contributed by atoms with Crippen LogP contribution in [0, 0.1) is 0 Å². The van der Waals surface area contributed by atoms with Crippen LogP contribution in [0.1, 0.15) is 18.7 Å². The molecule has 0 atom stereocenters. The van der Waals surface area contributed by atoms with E-state index in [2.05, 4.69) is 10.3 Å². The fraction of sp³-hybridized carbons (Fsp3) is 0.385. The van der Waals surface area contributed by atoms with Gasteiger partial charge in [0.05, 0.1) is 11.0 Å². The van der Waals surface area contributed by atoms with Crippen molar-refractivity contribution in [3.63, 3.8) is 0 Å². The van der Waals surface area contributed by atoms with E-state index in [0.717, 1.165) is 17.4 Å². The molecule has 0 aliphatic heterocycles.